The Morgan fingerprint density at radius 2 is 2.00 bits per heavy atom. The summed E-state index contributed by atoms with van der Waals surface area (Å²) in [6, 6.07) is 4.78. The fraction of sp³-hybridized carbons (Fsp3) is 0. The molecule has 6 heteroatoms. The Morgan fingerprint density at radius 1 is 1.25 bits per heavy atom. The summed E-state index contributed by atoms with van der Waals surface area (Å²) in [5, 5.41) is 0.632. The van der Waals surface area contributed by atoms with Crippen molar-refractivity contribution in [3.63, 3.8) is 0 Å². The number of rotatable bonds is 2. The number of pyridine rings is 1. The van der Waals surface area contributed by atoms with Crippen LogP contribution in [-0.2, 0) is 0 Å². The molecule has 0 atom stereocenters. The third-order valence-electron chi connectivity index (χ3n) is 1.82. The second-order valence-corrected chi connectivity index (χ2v) is 5.48. The molecule has 2 aromatic rings. The van der Waals surface area contributed by atoms with Crippen molar-refractivity contribution < 1.29 is 4.79 Å². The van der Waals surface area contributed by atoms with E-state index in [9.17, 15) is 4.79 Å². The Labute approximate surface area is 111 Å². The molecule has 82 valence electrons. The van der Waals surface area contributed by atoms with E-state index in [-0.39, 0.29) is 16.5 Å². The molecule has 0 unspecified atom stereocenters. The first kappa shape index (κ1) is 11.9. The van der Waals surface area contributed by atoms with Crippen LogP contribution in [-0.4, -0.2) is 10.8 Å². The molecule has 0 spiro atoms. The minimum Gasteiger partial charge on any atom is -0.286 e. The van der Waals surface area contributed by atoms with E-state index in [0.29, 0.717) is 14.2 Å². The Hall–Kier alpha value is -0.610. The second-order valence-electron chi connectivity index (χ2n) is 2.92. The van der Waals surface area contributed by atoms with E-state index < -0.39 is 0 Å². The molecule has 0 aliphatic carbocycles. The SMILES string of the molecule is O=C(c1ccc(Cl)s1)c1ncc(Cl)cc1Cl. The van der Waals surface area contributed by atoms with Crippen molar-refractivity contribution in [3.8, 4) is 0 Å². The van der Waals surface area contributed by atoms with Crippen LogP contribution in [0.3, 0.4) is 0 Å². The molecule has 0 radical (unpaired) electrons. The topological polar surface area (TPSA) is 30.0 Å². The summed E-state index contributed by atoms with van der Waals surface area (Å²) in [6.07, 6.45) is 1.38. The van der Waals surface area contributed by atoms with Crippen molar-refractivity contribution in [1.29, 1.82) is 0 Å². The lowest BCUT2D eigenvalue weighted by molar-refractivity contribution is 0.103. The number of nitrogens with zero attached hydrogens (tertiary/aromatic N) is 1. The monoisotopic (exact) mass is 291 g/mol. The molecule has 2 rings (SSSR count). The fourth-order valence-electron chi connectivity index (χ4n) is 1.13. The molecular formula is C10H4Cl3NOS. The van der Waals surface area contributed by atoms with Gasteiger partial charge in [0.25, 0.3) is 0 Å². The van der Waals surface area contributed by atoms with Gasteiger partial charge in [-0.15, -0.1) is 11.3 Å². The second kappa shape index (κ2) is 4.72. The van der Waals surface area contributed by atoms with Crippen LogP contribution < -0.4 is 0 Å². The van der Waals surface area contributed by atoms with Crippen LogP contribution in [0.4, 0.5) is 0 Å². The largest absolute Gasteiger partial charge is 0.286 e. The molecular weight excluding hydrogens is 289 g/mol. The van der Waals surface area contributed by atoms with Crippen molar-refractivity contribution in [1.82, 2.24) is 4.98 Å². The molecule has 2 heterocycles. The van der Waals surface area contributed by atoms with Crippen molar-refractivity contribution in [2.45, 2.75) is 0 Å². The third kappa shape index (κ3) is 2.38. The highest BCUT2D eigenvalue weighted by Gasteiger charge is 2.16. The number of thiophene rings is 1. The number of aromatic nitrogens is 1. The van der Waals surface area contributed by atoms with E-state index in [0.717, 1.165) is 0 Å². The number of halogens is 3. The van der Waals surface area contributed by atoms with Gasteiger partial charge in [0.05, 0.1) is 19.3 Å². The molecule has 2 nitrogen and oxygen atoms in total. The molecule has 0 fully saturated rings. The number of ketones is 1. The zero-order valence-corrected chi connectivity index (χ0v) is 10.8. The normalized spacial score (nSPS) is 10.4. The number of carbonyl (C=O) groups is 1. The lowest BCUT2D eigenvalue weighted by atomic mass is 10.2. The summed E-state index contributed by atoms with van der Waals surface area (Å²) in [4.78, 5) is 16.4. The van der Waals surface area contributed by atoms with Gasteiger partial charge in [-0.05, 0) is 18.2 Å². The highest BCUT2D eigenvalue weighted by molar-refractivity contribution is 7.18. The first-order valence-corrected chi connectivity index (χ1v) is 6.14. The Balaban J connectivity index is 2.41. The maximum Gasteiger partial charge on any atom is 0.222 e. The molecule has 0 bridgehead atoms. The average Bonchev–Trinajstić information content (AvgIpc) is 2.64. The lowest BCUT2D eigenvalue weighted by Gasteiger charge is -2.00. The summed E-state index contributed by atoms with van der Waals surface area (Å²) in [6.45, 7) is 0. The van der Waals surface area contributed by atoms with E-state index in [1.165, 1.54) is 23.6 Å². The van der Waals surface area contributed by atoms with Crippen LogP contribution in [0.25, 0.3) is 0 Å². The van der Waals surface area contributed by atoms with Crippen molar-refractivity contribution >= 4 is 51.9 Å². The van der Waals surface area contributed by atoms with Gasteiger partial charge in [0.15, 0.2) is 0 Å². The molecule has 2 aromatic heterocycles. The van der Waals surface area contributed by atoms with E-state index in [1.807, 2.05) is 0 Å². The summed E-state index contributed by atoms with van der Waals surface area (Å²) in [7, 11) is 0. The van der Waals surface area contributed by atoms with Crippen LogP contribution in [0.5, 0.6) is 0 Å². The van der Waals surface area contributed by atoms with Gasteiger partial charge in [-0.1, -0.05) is 34.8 Å². The summed E-state index contributed by atoms with van der Waals surface area (Å²) in [5.41, 5.74) is 0.185. The highest BCUT2D eigenvalue weighted by Crippen LogP contribution is 2.26. The van der Waals surface area contributed by atoms with Crippen molar-refractivity contribution in [2.24, 2.45) is 0 Å². The summed E-state index contributed by atoms with van der Waals surface area (Å²) < 4.78 is 0.549. The Kier molecular flexibility index (Phi) is 3.50. The minimum atomic E-state index is -0.251. The van der Waals surface area contributed by atoms with Crippen LogP contribution in [0.1, 0.15) is 15.4 Å². The first-order valence-electron chi connectivity index (χ1n) is 4.19. The average molecular weight is 293 g/mol. The smallest absolute Gasteiger partial charge is 0.222 e. The third-order valence-corrected chi connectivity index (χ3v) is 3.54. The Morgan fingerprint density at radius 3 is 2.56 bits per heavy atom. The Bertz CT molecular complexity index is 553. The van der Waals surface area contributed by atoms with Crippen LogP contribution in [0.2, 0.25) is 14.4 Å². The van der Waals surface area contributed by atoms with E-state index in [4.69, 9.17) is 34.8 Å². The minimum absolute atomic E-state index is 0.185. The maximum absolute atomic E-state index is 12.0. The highest BCUT2D eigenvalue weighted by atomic mass is 35.5. The van der Waals surface area contributed by atoms with Crippen LogP contribution in [0.15, 0.2) is 24.4 Å². The van der Waals surface area contributed by atoms with Gasteiger partial charge in [0.1, 0.15) is 5.69 Å². The van der Waals surface area contributed by atoms with Gasteiger partial charge in [-0.2, -0.15) is 0 Å². The van der Waals surface area contributed by atoms with Gasteiger partial charge in [-0.3, -0.25) is 4.79 Å². The molecule has 0 saturated carbocycles. The first-order chi connectivity index (χ1) is 7.58. The predicted octanol–water partition coefficient (Wildman–Crippen LogP) is 4.33. The van der Waals surface area contributed by atoms with Gasteiger partial charge in [-0.25, -0.2) is 4.98 Å². The van der Waals surface area contributed by atoms with Crippen molar-refractivity contribution in [2.75, 3.05) is 0 Å². The zero-order valence-electron chi connectivity index (χ0n) is 7.71. The lowest BCUT2D eigenvalue weighted by Crippen LogP contribution is -2.02. The molecule has 0 aliphatic rings. The number of hydrogen-bond donors (Lipinski definition) is 0. The van der Waals surface area contributed by atoms with E-state index in [1.54, 1.807) is 12.1 Å². The van der Waals surface area contributed by atoms with E-state index >= 15 is 0 Å². The molecule has 0 saturated heterocycles. The maximum atomic E-state index is 12.0. The van der Waals surface area contributed by atoms with Gasteiger partial charge >= 0.3 is 0 Å². The predicted molar refractivity (Wildman–Crippen MR) is 67.0 cm³/mol. The van der Waals surface area contributed by atoms with Crippen LogP contribution >= 0.6 is 46.1 Å². The van der Waals surface area contributed by atoms with Gasteiger partial charge in [0.2, 0.25) is 5.78 Å². The van der Waals surface area contributed by atoms with Crippen LogP contribution in [0, 0.1) is 0 Å². The molecule has 0 amide bonds. The molecule has 0 N–H and O–H groups in total. The van der Waals surface area contributed by atoms with Gasteiger partial charge < -0.3 is 0 Å². The number of carbonyl (C=O) groups excluding carboxylic acids is 1. The summed E-state index contributed by atoms with van der Waals surface area (Å²) in [5.74, 6) is -0.251. The molecule has 0 aromatic carbocycles. The quantitative estimate of drug-likeness (QED) is 0.771. The molecule has 16 heavy (non-hydrogen) atoms. The van der Waals surface area contributed by atoms with E-state index in [2.05, 4.69) is 4.98 Å². The number of hydrogen-bond acceptors (Lipinski definition) is 3. The standard InChI is InChI=1S/C10H4Cl3NOS/c11-5-3-6(12)9(14-4-5)10(15)7-1-2-8(13)16-7/h1-4H. The fourth-order valence-corrected chi connectivity index (χ4v) is 2.58. The van der Waals surface area contributed by atoms with Crippen molar-refractivity contribution in [3.05, 3.63) is 49.3 Å². The summed E-state index contributed by atoms with van der Waals surface area (Å²) >= 11 is 18.5. The molecule has 0 aliphatic heterocycles. The zero-order chi connectivity index (χ0) is 11.7. The van der Waals surface area contributed by atoms with Gasteiger partial charge in [0, 0.05) is 6.20 Å².